The van der Waals surface area contributed by atoms with Gasteiger partial charge in [-0.05, 0) is 36.2 Å². The van der Waals surface area contributed by atoms with E-state index >= 15 is 0 Å². The minimum atomic E-state index is -0.186. The van der Waals surface area contributed by atoms with E-state index in [2.05, 4.69) is 21.2 Å². The highest BCUT2D eigenvalue weighted by Gasteiger charge is 2.15. The van der Waals surface area contributed by atoms with E-state index in [1.165, 1.54) is 0 Å². The molecule has 0 heterocycles. The van der Waals surface area contributed by atoms with Crippen LogP contribution in [0, 0.1) is 6.92 Å². The molecule has 0 aliphatic carbocycles. The van der Waals surface area contributed by atoms with E-state index in [0.717, 1.165) is 15.6 Å². The minimum absolute atomic E-state index is 0.116. The Morgan fingerprint density at radius 2 is 1.95 bits per heavy atom. The van der Waals surface area contributed by atoms with Gasteiger partial charge in [0.1, 0.15) is 0 Å². The number of rotatable bonds is 4. The number of alkyl halides is 1. The van der Waals surface area contributed by atoms with Crippen LogP contribution in [0.4, 0.5) is 0 Å². The topological polar surface area (TPSA) is 29.1 Å². The van der Waals surface area contributed by atoms with Gasteiger partial charge in [-0.15, -0.1) is 11.6 Å². The number of aryl methyl sites for hydroxylation is 1. The highest BCUT2D eigenvalue weighted by Crippen LogP contribution is 2.19. The van der Waals surface area contributed by atoms with Crippen LogP contribution in [-0.2, 0) is 0 Å². The average molecular weight is 353 g/mol. The van der Waals surface area contributed by atoms with Crippen LogP contribution >= 0.6 is 27.5 Å². The van der Waals surface area contributed by atoms with Gasteiger partial charge in [0.15, 0.2) is 0 Å². The first-order valence-electron chi connectivity index (χ1n) is 6.29. The number of nitrogens with one attached hydrogen (secondary N) is 1. The first kappa shape index (κ1) is 15.1. The largest absolute Gasteiger partial charge is 0.344 e. The lowest BCUT2D eigenvalue weighted by atomic mass is 10.1. The molecule has 0 aliphatic heterocycles. The number of hydrogen-bond acceptors (Lipinski definition) is 1. The summed E-state index contributed by atoms with van der Waals surface area (Å²) in [7, 11) is 0. The molecule has 0 bridgehead atoms. The van der Waals surface area contributed by atoms with Crippen molar-refractivity contribution in [2.75, 3.05) is 5.88 Å². The number of carbonyl (C=O) groups is 1. The second kappa shape index (κ2) is 6.91. The van der Waals surface area contributed by atoms with Crippen molar-refractivity contribution in [3.63, 3.8) is 0 Å². The maximum absolute atomic E-state index is 12.3. The van der Waals surface area contributed by atoms with Crippen LogP contribution in [0.3, 0.4) is 0 Å². The smallest absolute Gasteiger partial charge is 0.251 e. The lowest BCUT2D eigenvalue weighted by Gasteiger charge is -2.16. The second-order valence-corrected chi connectivity index (χ2v) is 5.72. The molecule has 104 valence electrons. The monoisotopic (exact) mass is 351 g/mol. The van der Waals surface area contributed by atoms with Crippen LogP contribution in [0.25, 0.3) is 0 Å². The van der Waals surface area contributed by atoms with Crippen molar-refractivity contribution in [2.24, 2.45) is 0 Å². The van der Waals surface area contributed by atoms with Gasteiger partial charge in [-0.2, -0.15) is 0 Å². The SMILES string of the molecule is Cc1cc(C(=O)NC(CCl)c2ccccc2)ccc1Br. The zero-order valence-corrected chi connectivity index (χ0v) is 13.4. The third-order valence-corrected chi connectivity index (χ3v) is 4.28. The maximum atomic E-state index is 12.3. The van der Waals surface area contributed by atoms with E-state index < -0.39 is 0 Å². The summed E-state index contributed by atoms with van der Waals surface area (Å²) in [6.45, 7) is 1.96. The van der Waals surface area contributed by atoms with Gasteiger partial charge in [-0.25, -0.2) is 0 Å². The molecule has 2 aromatic rings. The Labute approximate surface area is 132 Å². The zero-order valence-electron chi connectivity index (χ0n) is 11.1. The van der Waals surface area contributed by atoms with Crippen LogP contribution in [-0.4, -0.2) is 11.8 Å². The Bertz CT molecular complexity index is 601. The lowest BCUT2D eigenvalue weighted by molar-refractivity contribution is 0.0940. The van der Waals surface area contributed by atoms with Crippen molar-refractivity contribution < 1.29 is 4.79 Å². The first-order valence-corrected chi connectivity index (χ1v) is 7.62. The molecule has 0 aromatic heterocycles. The van der Waals surface area contributed by atoms with Gasteiger partial charge in [0, 0.05) is 15.9 Å². The molecule has 1 unspecified atom stereocenters. The van der Waals surface area contributed by atoms with Crippen molar-refractivity contribution in [1.29, 1.82) is 0 Å². The van der Waals surface area contributed by atoms with Gasteiger partial charge in [0.25, 0.3) is 5.91 Å². The minimum Gasteiger partial charge on any atom is -0.344 e. The molecule has 1 N–H and O–H groups in total. The van der Waals surface area contributed by atoms with Crippen LogP contribution in [0.15, 0.2) is 53.0 Å². The van der Waals surface area contributed by atoms with E-state index in [9.17, 15) is 4.79 Å². The molecule has 0 radical (unpaired) electrons. The van der Waals surface area contributed by atoms with E-state index in [-0.39, 0.29) is 11.9 Å². The number of hydrogen-bond donors (Lipinski definition) is 1. The van der Waals surface area contributed by atoms with E-state index in [4.69, 9.17) is 11.6 Å². The molecule has 0 saturated heterocycles. The number of halogens is 2. The molecule has 2 nitrogen and oxygen atoms in total. The van der Waals surface area contributed by atoms with Gasteiger partial charge in [0.05, 0.1) is 6.04 Å². The fraction of sp³-hybridized carbons (Fsp3) is 0.188. The average Bonchev–Trinajstić information content (AvgIpc) is 2.48. The molecular weight excluding hydrogens is 338 g/mol. The van der Waals surface area contributed by atoms with Crippen molar-refractivity contribution in [3.05, 3.63) is 69.7 Å². The van der Waals surface area contributed by atoms with Crippen molar-refractivity contribution >= 4 is 33.4 Å². The Morgan fingerprint density at radius 3 is 2.55 bits per heavy atom. The van der Waals surface area contributed by atoms with Crippen LogP contribution in [0.2, 0.25) is 0 Å². The fourth-order valence-corrected chi connectivity index (χ4v) is 2.43. The Kier molecular flexibility index (Phi) is 5.21. The van der Waals surface area contributed by atoms with Crippen LogP contribution in [0.5, 0.6) is 0 Å². The molecule has 0 saturated carbocycles. The predicted molar refractivity (Wildman–Crippen MR) is 86.2 cm³/mol. The number of amides is 1. The van der Waals surface area contributed by atoms with Gasteiger partial charge < -0.3 is 5.32 Å². The molecule has 2 aromatic carbocycles. The summed E-state index contributed by atoms with van der Waals surface area (Å²) >= 11 is 9.39. The molecule has 4 heteroatoms. The Morgan fingerprint density at radius 1 is 1.25 bits per heavy atom. The molecule has 1 amide bonds. The summed E-state index contributed by atoms with van der Waals surface area (Å²) in [5.41, 5.74) is 2.67. The number of carbonyl (C=O) groups excluding carboxylic acids is 1. The Balaban J connectivity index is 2.15. The van der Waals surface area contributed by atoms with E-state index in [0.29, 0.717) is 11.4 Å². The van der Waals surface area contributed by atoms with Crippen LogP contribution < -0.4 is 5.32 Å². The van der Waals surface area contributed by atoms with E-state index in [1.807, 2.05) is 49.4 Å². The fourth-order valence-electron chi connectivity index (χ4n) is 1.92. The summed E-state index contributed by atoms with van der Waals surface area (Å²) in [5, 5.41) is 2.96. The standard InChI is InChI=1S/C16H15BrClNO/c1-11-9-13(7-8-14(11)17)16(20)19-15(10-18)12-5-3-2-4-6-12/h2-9,15H,10H2,1H3,(H,19,20). The molecule has 0 fully saturated rings. The van der Waals surface area contributed by atoms with Gasteiger partial charge in [-0.3, -0.25) is 4.79 Å². The predicted octanol–water partition coefficient (Wildman–Crippen LogP) is 4.47. The third-order valence-electron chi connectivity index (χ3n) is 3.08. The summed E-state index contributed by atoms with van der Waals surface area (Å²) in [6, 6.07) is 15.1. The van der Waals surface area contributed by atoms with Crippen molar-refractivity contribution in [2.45, 2.75) is 13.0 Å². The number of benzene rings is 2. The molecule has 2 rings (SSSR count). The third kappa shape index (κ3) is 3.62. The molecule has 0 spiro atoms. The molecular formula is C16H15BrClNO. The van der Waals surface area contributed by atoms with Gasteiger partial charge in [-0.1, -0.05) is 46.3 Å². The summed E-state index contributed by atoms with van der Waals surface area (Å²) in [5.74, 6) is 0.223. The highest BCUT2D eigenvalue weighted by atomic mass is 79.9. The molecule has 20 heavy (non-hydrogen) atoms. The normalized spacial score (nSPS) is 11.9. The summed E-state index contributed by atoms with van der Waals surface area (Å²) in [6.07, 6.45) is 0. The quantitative estimate of drug-likeness (QED) is 0.808. The van der Waals surface area contributed by atoms with Crippen molar-refractivity contribution in [1.82, 2.24) is 5.32 Å². The van der Waals surface area contributed by atoms with Gasteiger partial charge in [0.2, 0.25) is 0 Å². The Hall–Kier alpha value is -1.32. The summed E-state index contributed by atoms with van der Waals surface area (Å²) < 4.78 is 0.992. The highest BCUT2D eigenvalue weighted by molar-refractivity contribution is 9.10. The molecule has 1 atom stereocenters. The van der Waals surface area contributed by atoms with E-state index in [1.54, 1.807) is 6.07 Å². The molecule has 0 aliphatic rings. The van der Waals surface area contributed by atoms with Crippen LogP contribution in [0.1, 0.15) is 27.5 Å². The van der Waals surface area contributed by atoms with Gasteiger partial charge >= 0.3 is 0 Å². The zero-order chi connectivity index (χ0) is 14.5. The first-order chi connectivity index (χ1) is 9.61. The maximum Gasteiger partial charge on any atom is 0.251 e. The second-order valence-electron chi connectivity index (χ2n) is 4.55. The van der Waals surface area contributed by atoms with Crippen molar-refractivity contribution in [3.8, 4) is 0 Å². The lowest BCUT2D eigenvalue weighted by Crippen LogP contribution is -2.29. The summed E-state index contributed by atoms with van der Waals surface area (Å²) in [4.78, 5) is 12.3.